The van der Waals surface area contributed by atoms with Crippen molar-refractivity contribution in [2.45, 2.75) is 57.8 Å². The van der Waals surface area contributed by atoms with Gasteiger partial charge in [-0.15, -0.1) is 0 Å². The lowest BCUT2D eigenvalue weighted by Gasteiger charge is -2.37. The van der Waals surface area contributed by atoms with Crippen molar-refractivity contribution >= 4 is 8.32 Å². The van der Waals surface area contributed by atoms with E-state index in [1.165, 1.54) is 5.56 Å². The highest BCUT2D eigenvalue weighted by Crippen LogP contribution is 2.38. The van der Waals surface area contributed by atoms with E-state index in [-0.39, 0.29) is 12.7 Å². The predicted molar refractivity (Wildman–Crippen MR) is 84.2 cm³/mol. The topological polar surface area (TPSA) is 42.4 Å². The molecular formula is C16H27NO2Si. The van der Waals surface area contributed by atoms with Gasteiger partial charge in [0.15, 0.2) is 8.32 Å². The molecule has 0 unspecified atom stereocenters. The van der Waals surface area contributed by atoms with Crippen LogP contribution in [-0.2, 0) is 10.8 Å². The number of hydrogen-bond donors (Lipinski definition) is 1. The van der Waals surface area contributed by atoms with Crippen molar-refractivity contribution in [2.75, 3.05) is 6.61 Å². The molecule has 0 bridgehead atoms. The molecular weight excluding hydrogens is 266 g/mol. The molecule has 20 heavy (non-hydrogen) atoms. The maximum atomic E-state index is 9.54. The molecule has 2 atom stereocenters. The van der Waals surface area contributed by atoms with Gasteiger partial charge in [-0.2, -0.15) is 0 Å². The normalized spacial score (nSPS) is 22.6. The maximum Gasteiger partial charge on any atom is 0.192 e. The number of fused-ring (bicyclic) bond motifs is 1. The van der Waals surface area contributed by atoms with Gasteiger partial charge >= 0.3 is 0 Å². The monoisotopic (exact) mass is 293 g/mol. The fourth-order valence-electron chi connectivity index (χ4n) is 3.27. The van der Waals surface area contributed by atoms with Crippen LogP contribution in [0.15, 0.2) is 18.3 Å². The van der Waals surface area contributed by atoms with Crippen molar-refractivity contribution in [1.82, 2.24) is 4.98 Å². The first kappa shape index (κ1) is 15.7. The summed E-state index contributed by atoms with van der Waals surface area (Å²) in [4.78, 5) is 4.57. The van der Waals surface area contributed by atoms with Gasteiger partial charge in [0, 0.05) is 12.8 Å². The Bertz CT molecular complexity index is 426. The van der Waals surface area contributed by atoms with Crippen LogP contribution >= 0.6 is 0 Å². The molecule has 3 nitrogen and oxygen atoms in total. The van der Waals surface area contributed by atoms with Gasteiger partial charge in [0.25, 0.3) is 0 Å². The Morgan fingerprint density at radius 3 is 2.60 bits per heavy atom. The molecule has 1 aliphatic rings. The smallest absolute Gasteiger partial charge is 0.192 e. The fourth-order valence-corrected chi connectivity index (χ4v) is 6.08. The van der Waals surface area contributed by atoms with E-state index in [1.807, 2.05) is 12.3 Å². The number of aliphatic hydroxyl groups excluding tert-OH is 1. The summed E-state index contributed by atoms with van der Waals surface area (Å²) in [6.45, 7) is 7.01. The second-order valence-electron chi connectivity index (χ2n) is 5.89. The zero-order valence-corrected chi connectivity index (χ0v) is 13.9. The van der Waals surface area contributed by atoms with E-state index in [4.69, 9.17) is 4.43 Å². The number of aromatic nitrogens is 1. The van der Waals surface area contributed by atoms with Gasteiger partial charge in [-0.1, -0.05) is 26.8 Å². The average Bonchev–Trinajstić information content (AvgIpc) is 2.52. The Hall–Kier alpha value is -0.713. The SMILES string of the molecule is CC[Si](CC)(CC)O[C@@H]1C[C@@H](CO)Cc2cccnc21. The Balaban J connectivity index is 2.26. The molecule has 0 aromatic carbocycles. The molecule has 1 aliphatic carbocycles. The van der Waals surface area contributed by atoms with E-state index in [9.17, 15) is 5.11 Å². The van der Waals surface area contributed by atoms with E-state index in [2.05, 4.69) is 31.8 Å². The largest absolute Gasteiger partial charge is 0.408 e. The highest BCUT2D eigenvalue weighted by atomic mass is 28.4. The van der Waals surface area contributed by atoms with E-state index in [0.717, 1.165) is 36.7 Å². The second kappa shape index (κ2) is 6.83. The number of aliphatic hydroxyl groups is 1. The number of nitrogens with zero attached hydrogens (tertiary/aromatic N) is 1. The quantitative estimate of drug-likeness (QED) is 0.813. The summed E-state index contributed by atoms with van der Waals surface area (Å²) in [5.41, 5.74) is 2.37. The molecule has 0 saturated carbocycles. The summed E-state index contributed by atoms with van der Waals surface area (Å²) in [5, 5.41) is 9.54. The first-order valence-electron chi connectivity index (χ1n) is 7.90. The summed E-state index contributed by atoms with van der Waals surface area (Å²) in [5.74, 6) is 0.314. The molecule has 0 saturated heterocycles. The summed E-state index contributed by atoms with van der Waals surface area (Å²) in [6, 6.07) is 7.58. The molecule has 0 aliphatic heterocycles. The van der Waals surface area contributed by atoms with Crippen LogP contribution in [0.1, 0.15) is 44.6 Å². The standard InChI is InChI=1S/C16H27NO2Si/c1-4-20(5-2,6-3)19-15-11-13(12-18)10-14-8-7-9-17-16(14)15/h7-9,13,15,18H,4-6,10-12H2,1-3H3/t13-,15+/m0/s1. The van der Waals surface area contributed by atoms with Crippen molar-refractivity contribution in [3.05, 3.63) is 29.6 Å². The fraction of sp³-hybridized carbons (Fsp3) is 0.688. The number of hydrogen-bond acceptors (Lipinski definition) is 3. The predicted octanol–water partition coefficient (Wildman–Crippen LogP) is 3.70. The third-order valence-electron chi connectivity index (χ3n) is 4.87. The molecule has 4 heteroatoms. The Kier molecular flexibility index (Phi) is 5.35. The van der Waals surface area contributed by atoms with Crippen molar-refractivity contribution in [1.29, 1.82) is 0 Å². The maximum absolute atomic E-state index is 9.54. The van der Waals surface area contributed by atoms with Crippen LogP contribution in [0.3, 0.4) is 0 Å². The molecule has 1 aromatic rings. The highest BCUT2D eigenvalue weighted by Gasteiger charge is 2.36. The molecule has 1 aromatic heterocycles. The third kappa shape index (κ3) is 3.13. The van der Waals surface area contributed by atoms with Crippen LogP contribution in [0.2, 0.25) is 18.1 Å². The minimum atomic E-state index is -1.64. The summed E-state index contributed by atoms with van der Waals surface area (Å²) >= 11 is 0. The van der Waals surface area contributed by atoms with E-state index >= 15 is 0 Å². The van der Waals surface area contributed by atoms with Gasteiger partial charge in [0.2, 0.25) is 0 Å². The van der Waals surface area contributed by atoms with E-state index < -0.39 is 8.32 Å². The Labute approximate surface area is 123 Å². The zero-order valence-electron chi connectivity index (χ0n) is 12.9. The van der Waals surface area contributed by atoms with E-state index in [0.29, 0.717) is 5.92 Å². The van der Waals surface area contributed by atoms with Crippen LogP contribution in [0, 0.1) is 5.92 Å². The summed E-state index contributed by atoms with van der Waals surface area (Å²) < 4.78 is 6.65. The van der Waals surface area contributed by atoms with Crippen LogP contribution < -0.4 is 0 Å². The molecule has 0 fully saturated rings. The molecule has 1 heterocycles. The lowest BCUT2D eigenvalue weighted by molar-refractivity contribution is 0.110. The molecule has 0 spiro atoms. The number of rotatable bonds is 6. The minimum Gasteiger partial charge on any atom is -0.408 e. The molecule has 0 radical (unpaired) electrons. The van der Waals surface area contributed by atoms with Crippen LogP contribution in [0.5, 0.6) is 0 Å². The van der Waals surface area contributed by atoms with Crippen molar-refractivity contribution in [3.8, 4) is 0 Å². The van der Waals surface area contributed by atoms with Crippen molar-refractivity contribution in [2.24, 2.45) is 5.92 Å². The Morgan fingerprint density at radius 2 is 2.00 bits per heavy atom. The summed E-state index contributed by atoms with van der Waals surface area (Å²) in [6.07, 6.45) is 3.79. The first-order valence-corrected chi connectivity index (χ1v) is 10.4. The molecule has 2 rings (SSSR count). The van der Waals surface area contributed by atoms with Crippen molar-refractivity contribution in [3.63, 3.8) is 0 Å². The van der Waals surface area contributed by atoms with Crippen LogP contribution in [-0.4, -0.2) is 25.0 Å². The lowest BCUT2D eigenvalue weighted by Crippen LogP contribution is -2.39. The lowest BCUT2D eigenvalue weighted by atomic mass is 9.85. The first-order chi connectivity index (χ1) is 9.68. The summed E-state index contributed by atoms with van der Waals surface area (Å²) in [7, 11) is -1.64. The van der Waals surface area contributed by atoms with Gasteiger partial charge in [-0.05, 0) is 48.5 Å². The number of pyridine rings is 1. The van der Waals surface area contributed by atoms with Crippen molar-refractivity contribution < 1.29 is 9.53 Å². The van der Waals surface area contributed by atoms with Crippen LogP contribution in [0.25, 0.3) is 0 Å². The van der Waals surface area contributed by atoms with Crippen LogP contribution in [0.4, 0.5) is 0 Å². The zero-order chi connectivity index (χ0) is 14.6. The minimum absolute atomic E-state index is 0.0867. The van der Waals surface area contributed by atoms with E-state index in [1.54, 1.807) is 0 Å². The molecule has 112 valence electrons. The molecule has 1 N–H and O–H groups in total. The Morgan fingerprint density at radius 1 is 1.30 bits per heavy atom. The third-order valence-corrected chi connectivity index (χ3v) is 9.52. The van der Waals surface area contributed by atoms with Gasteiger partial charge in [0.1, 0.15) is 0 Å². The van der Waals surface area contributed by atoms with Gasteiger partial charge < -0.3 is 9.53 Å². The second-order valence-corrected chi connectivity index (χ2v) is 10.6. The van der Waals surface area contributed by atoms with Gasteiger partial charge in [-0.25, -0.2) is 0 Å². The van der Waals surface area contributed by atoms with Gasteiger partial charge in [-0.3, -0.25) is 4.98 Å². The highest BCUT2D eigenvalue weighted by molar-refractivity contribution is 6.73. The average molecular weight is 293 g/mol. The van der Waals surface area contributed by atoms with Gasteiger partial charge in [0.05, 0.1) is 11.8 Å². The molecule has 0 amide bonds.